The number of methoxy groups -OCH3 is 1. The van der Waals surface area contributed by atoms with Crippen LogP contribution in [-0.4, -0.2) is 64.7 Å². The van der Waals surface area contributed by atoms with E-state index in [4.69, 9.17) is 4.74 Å². The summed E-state index contributed by atoms with van der Waals surface area (Å²) in [6.45, 7) is 5.30. The summed E-state index contributed by atoms with van der Waals surface area (Å²) < 4.78 is 33.4. The predicted molar refractivity (Wildman–Crippen MR) is 128 cm³/mol. The van der Waals surface area contributed by atoms with Gasteiger partial charge in [-0.1, -0.05) is 30.3 Å². The molecule has 0 saturated carbocycles. The molecule has 0 bridgehead atoms. The van der Waals surface area contributed by atoms with E-state index in [1.54, 1.807) is 13.2 Å². The summed E-state index contributed by atoms with van der Waals surface area (Å²) in [6, 6.07) is 17.3. The molecule has 0 aliphatic carbocycles. The van der Waals surface area contributed by atoms with Gasteiger partial charge in [0.1, 0.15) is 10.6 Å². The molecule has 8 heteroatoms. The highest BCUT2D eigenvalue weighted by molar-refractivity contribution is 7.89. The minimum Gasteiger partial charge on any atom is -0.495 e. The first-order valence-corrected chi connectivity index (χ1v) is 12.5. The number of sulfonamides is 1. The highest BCUT2D eigenvalue weighted by Crippen LogP contribution is 2.28. The van der Waals surface area contributed by atoms with Crippen LogP contribution in [0.25, 0.3) is 10.9 Å². The highest BCUT2D eigenvalue weighted by Gasteiger charge is 2.19. The molecule has 1 N–H and O–H groups in total. The average Bonchev–Trinajstić information content (AvgIpc) is 2.84. The molecule has 170 valence electrons. The molecule has 32 heavy (non-hydrogen) atoms. The molecule has 0 atom stereocenters. The summed E-state index contributed by atoms with van der Waals surface area (Å²) in [5.41, 5.74) is 1.93. The number of aromatic nitrogens is 1. The minimum absolute atomic E-state index is 0.212. The molecule has 3 aromatic rings. The maximum absolute atomic E-state index is 12.6. The largest absolute Gasteiger partial charge is 0.495 e. The van der Waals surface area contributed by atoms with Crippen LogP contribution in [0.15, 0.2) is 65.7 Å². The van der Waals surface area contributed by atoms with Crippen LogP contribution >= 0.6 is 0 Å². The van der Waals surface area contributed by atoms with Crippen molar-refractivity contribution in [2.75, 3.05) is 51.3 Å². The Morgan fingerprint density at radius 1 is 1.00 bits per heavy atom. The van der Waals surface area contributed by atoms with Gasteiger partial charge in [0.2, 0.25) is 10.0 Å². The fraction of sp³-hybridized carbons (Fsp3) is 0.375. The lowest BCUT2D eigenvalue weighted by molar-refractivity contribution is 0.252. The lowest BCUT2D eigenvalue weighted by Gasteiger charge is -2.36. The van der Waals surface area contributed by atoms with Crippen LogP contribution in [-0.2, 0) is 10.0 Å². The second-order valence-electron chi connectivity index (χ2n) is 7.97. The number of hydrogen-bond donors (Lipinski definition) is 1. The van der Waals surface area contributed by atoms with Gasteiger partial charge in [0.05, 0.1) is 18.3 Å². The Morgan fingerprint density at radius 2 is 1.75 bits per heavy atom. The van der Waals surface area contributed by atoms with Crippen molar-refractivity contribution in [3.8, 4) is 5.75 Å². The van der Waals surface area contributed by atoms with E-state index in [0.29, 0.717) is 6.54 Å². The fourth-order valence-electron chi connectivity index (χ4n) is 4.05. The molecule has 7 nitrogen and oxygen atoms in total. The Labute approximate surface area is 190 Å². The van der Waals surface area contributed by atoms with Gasteiger partial charge in [0, 0.05) is 44.3 Å². The molecular formula is C24H30N4O3S. The van der Waals surface area contributed by atoms with Crippen molar-refractivity contribution in [3.05, 3.63) is 60.8 Å². The van der Waals surface area contributed by atoms with Gasteiger partial charge >= 0.3 is 0 Å². The van der Waals surface area contributed by atoms with Gasteiger partial charge in [0.15, 0.2) is 0 Å². The number of para-hydroxylation sites is 3. The average molecular weight is 455 g/mol. The fourth-order valence-corrected chi connectivity index (χ4v) is 5.10. The number of pyridine rings is 1. The summed E-state index contributed by atoms with van der Waals surface area (Å²) in [5.74, 6) is 0.912. The maximum Gasteiger partial charge on any atom is 0.242 e. The molecule has 4 rings (SSSR count). The molecule has 0 spiro atoms. The zero-order valence-electron chi connectivity index (χ0n) is 18.4. The number of benzene rings is 2. The lowest BCUT2D eigenvalue weighted by Crippen LogP contribution is -2.46. The van der Waals surface area contributed by atoms with Crippen molar-refractivity contribution in [1.82, 2.24) is 14.6 Å². The van der Waals surface area contributed by atoms with Gasteiger partial charge in [0.25, 0.3) is 0 Å². The Kier molecular flexibility index (Phi) is 7.24. The monoisotopic (exact) mass is 454 g/mol. The zero-order chi connectivity index (χ0) is 22.4. The van der Waals surface area contributed by atoms with Crippen LogP contribution in [0.1, 0.15) is 12.8 Å². The van der Waals surface area contributed by atoms with E-state index >= 15 is 0 Å². The van der Waals surface area contributed by atoms with Crippen LogP contribution in [0.3, 0.4) is 0 Å². The van der Waals surface area contributed by atoms with Crippen LogP contribution in [0.5, 0.6) is 5.75 Å². The van der Waals surface area contributed by atoms with Crippen molar-refractivity contribution >= 4 is 26.6 Å². The van der Waals surface area contributed by atoms with Crippen LogP contribution in [0.4, 0.5) is 5.69 Å². The summed E-state index contributed by atoms with van der Waals surface area (Å²) in [4.78, 5) is 9.27. The first kappa shape index (κ1) is 22.5. The quantitative estimate of drug-likeness (QED) is 0.501. The molecule has 1 aliphatic heterocycles. The topological polar surface area (TPSA) is 74.8 Å². The molecule has 1 saturated heterocycles. The van der Waals surface area contributed by atoms with Gasteiger partial charge < -0.3 is 9.64 Å². The number of nitrogens with one attached hydrogen (secondary N) is 1. The number of rotatable bonds is 9. The van der Waals surface area contributed by atoms with Crippen molar-refractivity contribution in [3.63, 3.8) is 0 Å². The third-order valence-electron chi connectivity index (χ3n) is 5.87. The molecule has 2 aromatic carbocycles. The van der Waals surface area contributed by atoms with E-state index in [9.17, 15) is 8.42 Å². The Balaban J connectivity index is 1.19. The summed E-state index contributed by atoms with van der Waals surface area (Å²) in [7, 11) is -1.84. The molecule has 0 amide bonds. The normalized spacial score (nSPS) is 15.2. The first-order valence-electron chi connectivity index (χ1n) is 11.0. The van der Waals surface area contributed by atoms with Gasteiger partial charge in [-0.2, -0.15) is 0 Å². The van der Waals surface area contributed by atoms with E-state index < -0.39 is 10.0 Å². The smallest absolute Gasteiger partial charge is 0.242 e. The second-order valence-corrected chi connectivity index (χ2v) is 9.74. The number of piperazine rings is 1. The summed E-state index contributed by atoms with van der Waals surface area (Å²) in [5, 5.41) is 0.822. The number of nitrogens with zero attached hydrogens (tertiary/aromatic N) is 3. The summed E-state index contributed by atoms with van der Waals surface area (Å²) >= 11 is 0. The third-order valence-corrected chi connectivity index (χ3v) is 7.30. The van der Waals surface area contributed by atoms with Crippen molar-refractivity contribution in [2.45, 2.75) is 17.7 Å². The number of anilines is 1. The standard InChI is InChI=1S/C24H30N4O3S/c1-31-24-11-5-4-10-23(24)28-16-14-27(15-17-28)13-7-6-12-26-32(29,30)21-18-20-8-2-3-9-22(20)25-19-21/h2-5,8-11,18-19,26H,6-7,12-17H2,1H3. The van der Waals surface area contributed by atoms with E-state index in [1.807, 2.05) is 42.5 Å². The van der Waals surface area contributed by atoms with E-state index in [2.05, 4.69) is 25.6 Å². The van der Waals surface area contributed by atoms with Crippen LogP contribution in [0.2, 0.25) is 0 Å². The van der Waals surface area contributed by atoms with Crippen molar-refractivity contribution in [2.24, 2.45) is 0 Å². The van der Waals surface area contributed by atoms with Gasteiger partial charge in [-0.25, -0.2) is 13.1 Å². The molecule has 1 aromatic heterocycles. The zero-order valence-corrected chi connectivity index (χ0v) is 19.2. The van der Waals surface area contributed by atoms with E-state index in [1.165, 1.54) is 6.20 Å². The minimum atomic E-state index is -3.55. The highest BCUT2D eigenvalue weighted by atomic mass is 32.2. The lowest BCUT2D eigenvalue weighted by atomic mass is 10.2. The van der Waals surface area contributed by atoms with Crippen LogP contribution < -0.4 is 14.4 Å². The molecule has 1 fully saturated rings. The van der Waals surface area contributed by atoms with Crippen molar-refractivity contribution < 1.29 is 13.2 Å². The maximum atomic E-state index is 12.6. The molecule has 2 heterocycles. The second kappa shape index (κ2) is 10.3. The Bertz CT molecular complexity index is 1140. The van der Waals surface area contributed by atoms with Crippen molar-refractivity contribution in [1.29, 1.82) is 0 Å². The molecular weight excluding hydrogens is 424 g/mol. The van der Waals surface area contributed by atoms with E-state index in [-0.39, 0.29) is 4.90 Å². The van der Waals surface area contributed by atoms with Gasteiger partial charge in [-0.05, 0) is 43.7 Å². The number of fused-ring (bicyclic) bond motifs is 1. The number of ether oxygens (including phenoxy) is 1. The van der Waals surface area contributed by atoms with Gasteiger partial charge in [-0.15, -0.1) is 0 Å². The third kappa shape index (κ3) is 5.38. The Morgan fingerprint density at radius 3 is 2.56 bits per heavy atom. The first-order chi connectivity index (χ1) is 15.6. The van der Waals surface area contributed by atoms with Gasteiger partial charge in [-0.3, -0.25) is 9.88 Å². The predicted octanol–water partition coefficient (Wildman–Crippen LogP) is 3.12. The Hall–Kier alpha value is -2.68. The number of unbranched alkanes of at least 4 members (excludes halogenated alkanes) is 1. The number of hydrogen-bond acceptors (Lipinski definition) is 6. The molecule has 0 radical (unpaired) electrons. The SMILES string of the molecule is COc1ccccc1N1CCN(CCCCNS(=O)(=O)c2cnc3ccccc3c2)CC1. The molecule has 0 unspecified atom stereocenters. The van der Waals surface area contributed by atoms with Crippen LogP contribution in [0, 0.1) is 0 Å². The summed E-state index contributed by atoms with van der Waals surface area (Å²) in [6.07, 6.45) is 3.17. The molecule has 1 aliphatic rings. The van der Waals surface area contributed by atoms with E-state index in [0.717, 1.165) is 67.9 Å².